The lowest BCUT2D eigenvalue weighted by molar-refractivity contribution is -0.153. The van der Waals surface area contributed by atoms with Gasteiger partial charge in [0.05, 0.1) is 4.90 Å². The minimum Gasteiger partial charge on any atom is -0.339 e. The molecule has 3 fully saturated rings. The SMILES string of the molecule is Cc1ccc(S(=O)(=O)N2C[C@@]3(C)C[C@@]3(C3=C4C=CCC[C@@]45OC(C)(C)O[C@@H]35)C2)cc1. The summed E-state index contributed by atoms with van der Waals surface area (Å²) in [4.78, 5) is 0.382. The monoisotopic (exact) mass is 427 g/mol. The van der Waals surface area contributed by atoms with Gasteiger partial charge in [-0.25, -0.2) is 8.42 Å². The number of allylic oxidation sites excluding steroid dienone is 1. The van der Waals surface area contributed by atoms with Crippen LogP contribution in [0.15, 0.2) is 52.5 Å². The molecule has 1 saturated carbocycles. The number of aryl methyl sites for hydroxylation is 1. The second kappa shape index (κ2) is 5.47. The molecule has 5 nitrogen and oxygen atoms in total. The Balaban J connectivity index is 1.38. The normalized spacial score (nSPS) is 41.3. The van der Waals surface area contributed by atoms with Crippen LogP contribution in [-0.4, -0.2) is 43.3 Å². The van der Waals surface area contributed by atoms with Crippen molar-refractivity contribution in [1.82, 2.24) is 4.31 Å². The highest BCUT2D eigenvalue weighted by atomic mass is 32.2. The van der Waals surface area contributed by atoms with Crippen LogP contribution in [0.3, 0.4) is 0 Å². The molecule has 1 aromatic carbocycles. The molecule has 0 N–H and O–H groups in total. The summed E-state index contributed by atoms with van der Waals surface area (Å²) < 4.78 is 41.3. The molecular formula is C24H29NO4S. The average molecular weight is 428 g/mol. The molecule has 6 heteroatoms. The van der Waals surface area contributed by atoms with Crippen molar-refractivity contribution >= 4 is 10.0 Å². The first-order valence-electron chi connectivity index (χ1n) is 10.9. The summed E-state index contributed by atoms with van der Waals surface area (Å²) in [6, 6.07) is 7.18. The molecule has 30 heavy (non-hydrogen) atoms. The van der Waals surface area contributed by atoms with Crippen molar-refractivity contribution in [2.45, 2.75) is 69.3 Å². The molecule has 2 saturated heterocycles. The fraction of sp³-hybridized carbons (Fsp3) is 0.583. The van der Waals surface area contributed by atoms with Gasteiger partial charge in [0.1, 0.15) is 11.7 Å². The molecule has 2 aliphatic heterocycles. The van der Waals surface area contributed by atoms with Gasteiger partial charge in [0.2, 0.25) is 10.0 Å². The van der Waals surface area contributed by atoms with Crippen LogP contribution >= 0.6 is 0 Å². The standard InChI is InChI=1S/C24H29NO4S/c1-16-8-10-17(11-9-16)30(26,27)25-14-22(4)13-23(22,15-25)19-18-7-5-6-12-24(18)20(19)28-21(2,3)29-24/h5,7-11,20H,6,12-15H2,1-4H3/t20-,22+,23-,24+/m0/s1. The summed E-state index contributed by atoms with van der Waals surface area (Å²) in [5.74, 6) is -0.614. The minimum atomic E-state index is -3.51. The Morgan fingerprint density at radius 2 is 1.83 bits per heavy atom. The van der Waals surface area contributed by atoms with Gasteiger partial charge >= 0.3 is 0 Å². The predicted molar refractivity (Wildman–Crippen MR) is 113 cm³/mol. The summed E-state index contributed by atoms with van der Waals surface area (Å²) >= 11 is 0. The Hall–Kier alpha value is -1.47. The zero-order valence-electron chi connectivity index (χ0n) is 18.1. The zero-order chi connectivity index (χ0) is 21.2. The second-order valence-corrected chi connectivity index (χ2v) is 12.5. The van der Waals surface area contributed by atoms with Crippen molar-refractivity contribution in [3.8, 4) is 0 Å². The molecule has 0 radical (unpaired) electrons. The van der Waals surface area contributed by atoms with Gasteiger partial charge in [0, 0.05) is 18.5 Å². The van der Waals surface area contributed by atoms with E-state index in [-0.39, 0.29) is 22.5 Å². The molecule has 1 aromatic rings. The fourth-order valence-corrected chi connectivity index (χ4v) is 8.21. The summed E-state index contributed by atoms with van der Waals surface area (Å²) in [6.45, 7) is 9.27. The van der Waals surface area contributed by atoms with Crippen LogP contribution < -0.4 is 0 Å². The fourth-order valence-electron chi connectivity index (χ4n) is 6.59. The molecule has 0 unspecified atom stereocenters. The van der Waals surface area contributed by atoms with Crippen LogP contribution in [0, 0.1) is 17.8 Å². The van der Waals surface area contributed by atoms with Crippen molar-refractivity contribution in [1.29, 1.82) is 0 Å². The molecule has 0 bridgehead atoms. The minimum absolute atomic E-state index is 0.0410. The highest BCUT2D eigenvalue weighted by molar-refractivity contribution is 7.89. The van der Waals surface area contributed by atoms with Gasteiger partial charge in [-0.1, -0.05) is 36.8 Å². The zero-order valence-corrected chi connectivity index (χ0v) is 18.9. The average Bonchev–Trinajstić information content (AvgIpc) is 3.03. The van der Waals surface area contributed by atoms with E-state index in [0.29, 0.717) is 18.0 Å². The third-order valence-electron chi connectivity index (χ3n) is 8.10. The lowest BCUT2D eigenvalue weighted by atomic mass is 9.60. The summed E-state index contributed by atoms with van der Waals surface area (Å²) in [5, 5.41) is 0. The summed E-state index contributed by atoms with van der Waals surface area (Å²) in [5.41, 5.74) is 3.09. The molecule has 5 aliphatic rings. The Kier molecular flexibility index (Phi) is 3.51. The Morgan fingerprint density at radius 1 is 1.10 bits per heavy atom. The van der Waals surface area contributed by atoms with Gasteiger partial charge in [-0.05, 0) is 68.7 Å². The van der Waals surface area contributed by atoms with E-state index in [9.17, 15) is 8.42 Å². The second-order valence-electron chi connectivity index (χ2n) is 10.6. The van der Waals surface area contributed by atoms with E-state index in [0.717, 1.165) is 24.8 Å². The van der Waals surface area contributed by atoms with Crippen LogP contribution in [0.5, 0.6) is 0 Å². The number of benzene rings is 1. The lowest BCUT2D eigenvalue weighted by Crippen LogP contribution is -2.55. The molecule has 0 aromatic heterocycles. The van der Waals surface area contributed by atoms with E-state index >= 15 is 0 Å². The number of nitrogens with zero attached hydrogens (tertiary/aromatic N) is 1. The van der Waals surface area contributed by atoms with Gasteiger partial charge in [-0.3, -0.25) is 0 Å². The predicted octanol–water partition coefficient (Wildman–Crippen LogP) is 3.95. The van der Waals surface area contributed by atoms with Crippen LogP contribution in [0.25, 0.3) is 0 Å². The summed E-state index contributed by atoms with van der Waals surface area (Å²) in [7, 11) is -3.51. The number of hydrogen-bond donors (Lipinski definition) is 0. The van der Waals surface area contributed by atoms with Gasteiger partial charge in [0.15, 0.2) is 5.79 Å². The van der Waals surface area contributed by atoms with Crippen molar-refractivity contribution in [2.75, 3.05) is 13.1 Å². The number of rotatable bonds is 3. The Morgan fingerprint density at radius 3 is 2.57 bits per heavy atom. The van der Waals surface area contributed by atoms with Gasteiger partial charge in [-0.15, -0.1) is 0 Å². The van der Waals surface area contributed by atoms with Crippen molar-refractivity contribution in [2.24, 2.45) is 10.8 Å². The Labute approximate surface area is 178 Å². The maximum atomic E-state index is 13.4. The Bertz CT molecular complexity index is 1120. The van der Waals surface area contributed by atoms with E-state index in [4.69, 9.17) is 9.47 Å². The molecule has 1 spiro atoms. The van der Waals surface area contributed by atoms with Crippen LogP contribution in [0.1, 0.15) is 45.6 Å². The van der Waals surface area contributed by atoms with E-state index in [1.165, 1.54) is 11.1 Å². The maximum Gasteiger partial charge on any atom is 0.243 e. The highest BCUT2D eigenvalue weighted by Crippen LogP contribution is 2.77. The van der Waals surface area contributed by atoms with Crippen LogP contribution in [0.2, 0.25) is 0 Å². The molecule has 3 aliphatic carbocycles. The molecule has 2 heterocycles. The van der Waals surface area contributed by atoms with Crippen molar-refractivity contribution in [3.63, 3.8) is 0 Å². The molecular weight excluding hydrogens is 398 g/mol. The number of sulfonamides is 1. The molecule has 6 rings (SSSR count). The lowest BCUT2D eigenvalue weighted by Gasteiger charge is -2.50. The van der Waals surface area contributed by atoms with E-state index in [1.54, 1.807) is 16.4 Å². The van der Waals surface area contributed by atoms with Gasteiger partial charge < -0.3 is 9.47 Å². The van der Waals surface area contributed by atoms with Crippen molar-refractivity contribution < 1.29 is 17.9 Å². The number of fused-ring (bicyclic) bond motifs is 1. The topological polar surface area (TPSA) is 55.8 Å². The summed E-state index contributed by atoms with van der Waals surface area (Å²) in [6.07, 6.45) is 7.32. The first kappa shape index (κ1) is 19.2. The number of ether oxygens (including phenoxy) is 2. The van der Waals surface area contributed by atoms with Crippen molar-refractivity contribution in [3.05, 3.63) is 53.1 Å². The van der Waals surface area contributed by atoms with Gasteiger partial charge in [-0.2, -0.15) is 4.31 Å². The van der Waals surface area contributed by atoms with Crippen LogP contribution in [-0.2, 0) is 19.5 Å². The third-order valence-corrected chi connectivity index (χ3v) is 9.90. The molecule has 160 valence electrons. The first-order valence-corrected chi connectivity index (χ1v) is 12.3. The van der Waals surface area contributed by atoms with E-state index in [1.807, 2.05) is 32.9 Å². The first-order chi connectivity index (χ1) is 14.0. The van der Waals surface area contributed by atoms with Crippen LogP contribution in [0.4, 0.5) is 0 Å². The highest BCUT2D eigenvalue weighted by Gasteiger charge is 2.79. The largest absolute Gasteiger partial charge is 0.339 e. The quantitative estimate of drug-likeness (QED) is 0.733. The molecule has 4 atom stereocenters. The third kappa shape index (κ3) is 2.21. The molecule has 0 amide bonds. The smallest absolute Gasteiger partial charge is 0.243 e. The number of hydrogen-bond acceptors (Lipinski definition) is 4. The number of piperidine rings is 1. The van der Waals surface area contributed by atoms with Gasteiger partial charge in [0.25, 0.3) is 0 Å². The maximum absolute atomic E-state index is 13.4. The van der Waals surface area contributed by atoms with E-state index in [2.05, 4.69) is 19.1 Å². The van der Waals surface area contributed by atoms with E-state index < -0.39 is 15.8 Å².